The lowest BCUT2D eigenvalue weighted by Crippen LogP contribution is -2.28. The summed E-state index contributed by atoms with van der Waals surface area (Å²) >= 11 is 0. The average molecular weight is 188 g/mol. The van der Waals surface area contributed by atoms with E-state index in [4.69, 9.17) is 4.42 Å². The number of hydrogen-bond acceptors (Lipinski definition) is 2. The van der Waals surface area contributed by atoms with Crippen LogP contribution >= 0.6 is 0 Å². The zero-order chi connectivity index (χ0) is 9.60. The Bertz CT molecular complexity index is 377. The SMILES string of the molecule is O=CC1CC2C=CC1(c1ccco1)C2. The third kappa shape index (κ3) is 0.834. The highest BCUT2D eigenvalue weighted by Crippen LogP contribution is 2.53. The minimum atomic E-state index is -0.115. The molecule has 2 heteroatoms. The highest BCUT2D eigenvalue weighted by molar-refractivity contribution is 5.61. The van der Waals surface area contributed by atoms with Gasteiger partial charge in [0.15, 0.2) is 0 Å². The molecule has 3 atom stereocenters. The summed E-state index contributed by atoms with van der Waals surface area (Å²) < 4.78 is 5.46. The second-order valence-electron chi connectivity index (χ2n) is 4.32. The van der Waals surface area contributed by atoms with Crippen LogP contribution in [0.3, 0.4) is 0 Å². The number of hydrogen-bond donors (Lipinski definition) is 0. The zero-order valence-corrected chi connectivity index (χ0v) is 7.85. The fourth-order valence-corrected chi connectivity index (χ4v) is 2.94. The van der Waals surface area contributed by atoms with Gasteiger partial charge in [0, 0.05) is 5.92 Å². The van der Waals surface area contributed by atoms with Gasteiger partial charge in [0.05, 0.1) is 11.7 Å². The molecule has 2 aliphatic carbocycles. The van der Waals surface area contributed by atoms with E-state index in [0.29, 0.717) is 5.92 Å². The van der Waals surface area contributed by atoms with Gasteiger partial charge < -0.3 is 9.21 Å². The normalized spacial score (nSPS) is 39.1. The number of rotatable bonds is 2. The molecule has 0 N–H and O–H groups in total. The lowest BCUT2D eigenvalue weighted by molar-refractivity contribution is -0.112. The van der Waals surface area contributed by atoms with Crippen LogP contribution in [-0.4, -0.2) is 6.29 Å². The first-order chi connectivity index (χ1) is 6.85. The first-order valence-corrected chi connectivity index (χ1v) is 5.04. The highest BCUT2D eigenvalue weighted by Gasteiger charge is 2.51. The van der Waals surface area contributed by atoms with Gasteiger partial charge in [0.1, 0.15) is 12.0 Å². The fraction of sp³-hybridized carbons (Fsp3) is 0.417. The summed E-state index contributed by atoms with van der Waals surface area (Å²) in [6.45, 7) is 0. The molecular formula is C12H12O2. The van der Waals surface area contributed by atoms with E-state index < -0.39 is 0 Å². The van der Waals surface area contributed by atoms with Gasteiger partial charge >= 0.3 is 0 Å². The molecule has 3 unspecified atom stereocenters. The summed E-state index contributed by atoms with van der Waals surface area (Å²) in [6.07, 6.45) is 9.20. The Balaban J connectivity index is 2.10. The van der Waals surface area contributed by atoms with Crippen LogP contribution in [0.4, 0.5) is 0 Å². The Morgan fingerprint density at radius 3 is 3.14 bits per heavy atom. The maximum Gasteiger partial charge on any atom is 0.124 e. The standard InChI is InChI=1S/C12H12O2/c13-8-10-6-9-3-4-12(10,7-9)11-2-1-5-14-11/h1-5,8-10H,6-7H2. The number of fused-ring (bicyclic) bond motifs is 2. The molecule has 1 saturated carbocycles. The van der Waals surface area contributed by atoms with Crippen LogP contribution in [0, 0.1) is 11.8 Å². The van der Waals surface area contributed by atoms with Crippen molar-refractivity contribution in [3.63, 3.8) is 0 Å². The van der Waals surface area contributed by atoms with Crippen molar-refractivity contribution in [2.75, 3.05) is 0 Å². The maximum absolute atomic E-state index is 11.0. The molecule has 0 radical (unpaired) electrons. The van der Waals surface area contributed by atoms with Gasteiger partial charge in [-0.25, -0.2) is 0 Å². The molecule has 0 saturated heterocycles. The molecule has 1 aromatic heterocycles. The smallest absolute Gasteiger partial charge is 0.124 e. The third-order valence-electron chi connectivity index (χ3n) is 3.63. The molecule has 0 aliphatic heterocycles. The molecule has 0 amide bonds. The van der Waals surface area contributed by atoms with Gasteiger partial charge in [-0.15, -0.1) is 0 Å². The molecule has 2 aliphatic rings. The number of carbonyl (C=O) groups excluding carboxylic acids is 1. The Morgan fingerprint density at radius 2 is 2.50 bits per heavy atom. The van der Waals surface area contributed by atoms with Crippen LogP contribution in [0.1, 0.15) is 18.6 Å². The number of furan rings is 1. The molecule has 3 rings (SSSR count). The van der Waals surface area contributed by atoms with Gasteiger partial charge in [0.25, 0.3) is 0 Å². The van der Waals surface area contributed by atoms with Gasteiger partial charge in [-0.2, -0.15) is 0 Å². The summed E-state index contributed by atoms with van der Waals surface area (Å²) in [7, 11) is 0. The lowest BCUT2D eigenvalue weighted by atomic mass is 9.77. The fourth-order valence-electron chi connectivity index (χ4n) is 2.94. The molecular weight excluding hydrogens is 176 g/mol. The van der Waals surface area contributed by atoms with Crippen LogP contribution in [0.15, 0.2) is 35.0 Å². The molecule has 0 spiro atoms. The van der Waals surface area contributed by atoms with E-state index in [1.54, 1.807) is 6.26 Å². The number of carbonyl (C=O) groups is 1. The van der Waals surface area contributed by atoms with Crippen molar-refractivity contribution < 1.29 is 9.21 Å². The van der Waals surface area contributed by atoms with E-state index in [0.717, 1.165) is 24.9 Å². The van der Waals surface area contributed by atoms with Crippen LogP contribution in [0.25, 0.3) is 0 Å². The Labute approximate surface area is 82.6 Å². The van der Waals surface area contributed by atoms with Crippen molar-refractivity contribution in [1.82, 2.24) is 0 Å². The van der Waals surface area contributed by atoms with Crippen LogP contribution in [-0.2, 0) is 10.2 Å². The van der Waals surface area contributed by atoms with E-state index in [1.807, 2.05) is 12.1 Å². The molecule has 1 aromatic rings. The zero-order valence-electron chi connectivity index (χ0n) is 7.85. The van der Waals surface area contributed by atoms with E-state index >= 15 is 0 Å². The Kier molecular flexibility index (Phi) is 1.49. The van der Waals surface area contributed by atoms with E-state index in [2.05, 4.69) is 12.2 Å². The van der Waals surface area contributed by atoms with Crippen molar-refractivity contribution in [1.29, 1.82) is 0 Å². The second kappa shape index (κ2) is 2.59. The minimum absolute atomic E-state index is 0.114. The first-order valence-electron chi connectivity index (χ1n) is 5.04. The van der Waals surface area contributed by atoms with E-state index in [9.17, 15) is 4.79 Å². The van der Waals surface area contributed by atoms with Crippen molar-refractivity contribution in [2.24, 2.45) is 11.8 Å². The molecule has 1 fully saturated rings. The summed E-state index contributed by atoms with van der Waals surface area (Å²) in [5.74, 6) is 1.64. The number of allylic oxidation sites excluding steroid dienone is 2. The van der Waals surface area contributed by atoms with Crippen LogP contribution in [0.2, 0.25) is 0 Å². The van der Waals surface area contributed by atoms with Gasteiger partial charge in [-0.3, -0.25) is 0 Å². The van der Waals surface area contributed by atoms with Crippen molar-refractivity contribution in [2.45, 2.75) is 18.3 Å². The monoisotopic (exact) mass is 188 g/mol. The highest BCUT2D eigenvalue weighted by atomic mass is 16.3. The summed E-state index contributed by atoms with van der Waals surface area (Å²) in [4.78, 5) is 11.0. The second-order valence-corrected chi connectivity index (χ2v) is 4.32. The minimum Gasteiger partial charge on any atom is -0.468 e. The van der Waals surface area contributed by atoms with Crippen molar-refractivity contribution >= 4 is 6.29 Å². The Hall–Kier alpha value is -1.31. The maximum atomic E-state index is 11.0. The van der Waals surface area contributed by atoms with Crippen molar-refractivity contribution in [3.8, 4) is 0 Å². The predicted octanol–water partition coefficient (Wildman–Crippen LogP) is 2.31. The molecule has 2 nitrogen and oxygen atoms in total. The summed E-state index contributed by atoms with van der Waals surface area (Å²) in [6, 6.07) is 3.87. The van der Waals surface area contributed by atoms with Crippen molar-refractivity contribution in [3.05, 3.63) is 36.3 Å². The topological polar surface area (TPSA) is 30.2 Å². The van der Waals surface area contributed by atoms with Gasteiger partial charge in [-0.1, -0.05) is 12.2 Å². The first kappa shape index (κ1) is 8.04. The predicted molar refractivity (Wildman–Crippen MR) is 51.8 cm³/mol. The molecule has 14 heavy (non-hydrogen) atoms. The third-order valence-corrected chi connectivity index (χ3v) is 3.63. The summed E-state index contributed by atoms with van der Waals surface area (Å²) in [5.41, 5.74) is -0.115. The van der Waals surface area contributed by atoms with Gasteiger partial charge in [-0.05, 0) is 30.9 Å². The van der Waals surface area contributed by atoms with E-state index in [-0.39, 0.29) is 11.3 Å². The number of aldehydes is 1. The van der Waals surface area contributed by atoms with Gasteiger partial charge in [0.2, 0.25) is 0 Å². The lowest BCUT2D eigenvalue weighted by Gasteiger charge is -2.26. The Morgan fingerprint density at radius 1 is 1.57 bits per heavy atom. The average Bonchev–Trinajstić information content (AvgIpc) is 2.92. The molecule has 1 heterocycles. The van der Waals surface area contributed by atoms with Crippen LogP contribution in [0.5, 0.6) is 0 Å². The van der Waals surface area contributed by atoms with Crippen LogP contribution < -0.4 is 0 Å². The molecule has 0 aromatic carbocycles. The molecule has 72 valence electrons. The molecule has 2 bridgehead atoms. The van der Waals surface area contributed by atoms with E-state index in [1.165, 1.54) is 0 Å². The largest absolute Gasteiger partial charge is 0.468 e. The summed E-state index contributed by atoms with van der Waals surface area (Å²) in [5, 5.41) is 0. The quantitative estimate of drug-likeness (QED) is 0.526.